The minimum atomic E-state index is 0.246. The van der Waals surface area contributed by atoms with E-state index in [9.17, 15) is 0 Å². The van der Waals surface area contributed by atoms with E-state index in [-0.39, 0.29) is 10.8 Å². The molecule has 0 spiro atoms. The maximum absolute atomic E-state index is 5.80. The molecule has 0 fully saturated rings. The maximum atomic E-state index is 5.80. The standard InChI is InChI=1S/C8H12ClN3O/c1-5(2)3-13-8-6(9)7(10)11-4-12-8/h4-5H,3H2,1-2H3,(H2,10,11,12). The van der Waals surface area contributed by atoms with Crippen LogP contribution in [0.4, 0.5) is 5.82 Å². The fraction of sp³-hybridized carbons (Fsp3) is 0.500. The first-order valence-electron chi connectivity index (χ1n) is 4.00. The van der Waals surface area contributed by atoms with E-state index in [4.69, 9.17) is 22.1 Å². The Balaban J connectivity index is 2.71. The Morgan fingerprint density at radius 1 is 1.54 bits per heavy atom. The molecule has 72 valence electrons. The van der Waals surface area contributed by atoms with E-state index in [1.54, 1.807) is 0 Å². The summed E-state index contributed by atoms with van der Waals surface area (Å²) < 4.78 is 5.32. The topological polar surface area (TPSA) is 61.0 Å². The van der Waals surface area contributed by atoms with Crippen LogP contribution in [-0.4, -0.2) is 16.6 Å². The minimum Gasteiger partial charge on any atom is -0.476 e. The highest BCUT2D eigenvalue weighted by Crippen LogP contribution is 2.25. The minimum absolute atomic E-state index is 0.246. The fourth-order valence-electron chi connectivity index (χ4n) is 0.713. The van der Waals surface area contributed by atoms with Crippen LogP contribution in [0.3, 0.4) is 0 Å². The Hall–Kier alpha value is -1.03. The molecule has 0 aliphatic heterocycles. The highest BCUT2D eigenvalue weighted by Gasteiger charge is 2.07. The molecule has 0 atom stereocenters. The number of ether oxygens (including phenoxy) is 1. The van der Waals surface area contributed by atoms with Gasteiger partial charge in [-0.3, -0.25) is 0 Å². The normalized spacial score (nSPS) is 10.5. The Bertz CT molecular complexity index is 291. The van der Waals surface area contributed by atoms with Crippen LogP contribution in [0.15, 0.2) is 6.33 Å². The third-order valence-electron chi connectivity index (χ3n) is 1.34. The smallest absolute Gasteiger partial charge is 0.237 e. The van der Waals surface area contributed by atoms with Crippen LogP contribution in [-0.2, 0) is 0 Å². The second-order valence-corrected chi connectivity index (χ2v) is 3.46. The molecule has 1 aromatic rings. The number of nitrogens with zero attached hydrogens (tertiary/aromatic N) is 2. The van der Waals surface area contributed by atoms with Crippen molar-refractivity contribution in [1.29, 1.82) is 0 Å². The molecule has 1 heterocycles. The summed E-state index contributed by atoms with van der Waals surface area (Å²) in [6, 6.07) is 0. The van der Waals surface area contributed by atoms with Gasteiger partial charge in [0.05, 0.1) is 6.61 Å². The van der Waals surface area contributed by atoms with Crippen molar-refractivity contribution in [1.82, 2.24) is 9.97 Å². The van der Waals surface area contributed by atoms with Gasteiger partial charge < -0.3 is 10.5 Å². The Kier molecular flexibility index (Phi) is 3.31. The molecule has 2 N–H and O–H groups in total. The first kappa shape index (κ1) is 10.1. The Morgan fingerprint density at radius 3 is 2.85 bits per heavy atom. The van der Waals surface area contributed by atoms with E-state index in [2.05, 4.69) is 9.97 Å². The number of anilines is 1. The summed E-state index contributed by atoms with van der Waals surface area (Å²) >= 11 is 5.80. The first-order valence-corrected chi connectivity index (χ1v) is 4.37. The molecular weight excluding hydrogens is 190 g/mol. The van der Waals surface area contributed by atoms with Crippen molar-refractivity contribution >= 4 is 17.4 Å². The molecule has 0 aliphatic carbocycles. The third-order valence-corrected chi connectivity index (χ3v) is 1.69. The van der Waals surface area contributed by atoms with Crippen LogP contribution in [0.1, 0.15) is 13.8 Å². The lowest BCUT2D eigenvalue weighted by Gasteiger charge is -2.08. The van der Waals surface area contributed by atoms with E-state index in [0.29, 0.717) is 18.4 Å². The van der Waals surface area contributed by atoms with Crippen molar-refractivity contribution in [2.75, 3.05) is 12.3 Å². The summed E-state index contributed by atoms with van der Waals surface area (Å²) in [6.45, 7) is 4.65. The molecule has 0 aromatic carbocycles. The average Bonchev–Trinajstić information content (AvgIpc) is 2.07. The molecule has 4 nitrogen and oxygen atoms in total. The van der Waals surface area contributed by atoms with Crippen LogP contribution >= 0.6 is 11.6 Å². The molecule has 0 saturated carbocycles. The average molecular weight is 202 g/mol. The van der Waals surface area contributed by atoms with Crippen molar-refractivity contribution in [3.8, 4) is 5.88 Å². The third kappa shape index (κ3) is 2.73. The van der Waals surface area contributed by atoms with Crippen LogP contribution < -0.4 is 10.5 Å². The predicted octanol–water partition coefficient (Wildman–Crippen LogP) is 1.75. The number of aromatic nitrogens is 2. The van der Waals surface area contributed by atoms with E-state index in [1.165, 1.54) is 6.33 Å². The SMILES string of the molecule is CC(C)COc1ncnc(N)c1Cl. The Labute approximate surface area is 82.1 Å². The van der Waals surface area contributed by atoms with Gasteiger partial charge in [0.2, 0.25) is 5.88 Å². The molecule has 1 aromatic heterocycles. The van der Waals surface area contributed by atoms with Gasteiger partial charge in [0, 0.05) is 0 Å². The molecule has 0 amide bonds. The van der Waals surface area contributed by atoms with Gasteiger partial charge in [0.25, 0.3) is 0 Å². The van der Waals surface area contributed by atoms with E-state index in [0.717, 1.165) is 0 Å². The molecule has 0 bridgehead atoms. The molecule has 0 unspecified atom stereocenters. The zero-order chi connectivity index (χ0) is 9.84. The van der Waals surface area contributed by atoms with Gasteiger partial charge in [-0.2, -0.15) is 0 Å². The zero-order valence-electron chi connectivity index (χ0n) is 7.62. The summed E-state index contributed by atoms with van der Waals surface area (Å²) in [4.78, 5) is 7.59. The summed E-state index contributed by atoms with van der Waals surface area (Å²) in [5, 5.41) is 0.281. The van der Waals surface area contributed by atoms with Gasteiger partial charge in [-0.1, -0.05) is 25.4 Å². The summed E-state index contributed by atoms with van der Waals surface area (Å²) in [7, 11) is 0. The van der Waals surface area contributed by atoms with E-state index in [1.807, 2.05) is 13.8 Å². The summed E-state index contributed by atoms with van der Waals surface area (Å²) in [5.41, 5.74) is 5.46. The number of halogens is 1. The quantitative estimate of drug-likeness (QED) is 0.810. The number of nitrogens with two attached hydrogens (primary N) is 1. The van der Waals surface area contributed by atoms with Crippen molar-refractivity contribution in [2.24, 2.45) is 5.92 Å². The van der Waals surface area contributed by atoms with E-state index < -0.39 is 0 Å². The van der Waals surface area contributed by atoms with Gasteiger partial charge in [-0.15, -0.1) is 0 Å². The molecule has 0 radical (unpaired) electrons. The highest BCUT2D eigenvalue weighted by atomic mass is 35.5. The van der Waals surface area contributed by atoms with Crippen molar-refractivity contribution < 1.29 is 4.74 Å². The van der Waals surface area contributed by atoms with Crippen molar-refractivity contribution in [3.63, 3.8) is 0 Å². The molecule has 13 heavy (non-hydrogen) atoms. The van der Waals surface area contributed by atoms with Crippen LogP contribution in [0, 0.1) is 5.92 Å². The lowest BCUT2D eigenvalue weighted by molar-refractivity contribution is 0.261. The largest absolute Gasteiger partial charge is 0.476 e. The summed E-state index contributed by atoms with van der Waals surface area (Å²) in [5.74, 6) is 1.02. The predicted molar refractivity (Wildman–Crippen MR) is 51.8 cm³/mol. The van der Waals surface area contributed by atoms with Crippen LogP contribution in [0.2, 0.25) is 5.02 Å². The number of rotatable bonds is 3. The molecule has 1 rings (SSSR count). The van der Waals surface area contributed by atoms with Gasteiger partial charge in [-0.25, -0.2) is 9.97 Å². The number of hydrogen-bond acceptors (Lipinski definition) is 4. The Morgan fingerprint density at radius 2 is 2.23 bits per heavy atom. The second kappa shape index (κ2) is 4.28. The molecular formula is C8H12ClN3O. The summed E-state index contributed by atoms with van der Waals surface area (Å²) in [6.07, 6.45) is 1.33. The van der Waals surface area contributed by atoms with Gasteiger partial charge >= 0.3 is 0 Å². The molecule has 0 aliphatic rings. The first-order chi connectivity index (χ1) is 6.11. The van der Waals surface area contributed by atoms with Crippen molar-refractivity contribution in [3.05, 3.63) is 11.3 Å². The van der Waals surface area contributed by atoms with Gasteiger partial charge in [0.1, 0.15) is 17.2 Å². The van der Waals surface area contributed by atoms with Gasteiger partial charge in [-0.05, 0) is 5.92 Å². The molecule has 0 saturated heterocycles. The highest BCUT2D eigenvalue weighted by molar-refractivity contribution is 6.33. The fourth-order valence-corrected chi connectivity index (χ4v) is 0.865. The van der Waals surface area contributed by atoms with E-state index >= 15 is 0 Å². The second-order valence-electron chi connectivity index (χ2n) is 3.08. The maximum Gasteiger partial charge on any atom is 0.237 e. The van der Waals surface area contributed by atoms with Crippen LogP contribution in [0.25, 0.3) is 0 Å². The molecule has 5 heteroatoms. The number of nitrogen functional groups attached to an aromatic ring is 1. The lowest BCUT2D eigenvalue weighted by Crippen LogP contribution is -2.07. The van der Waals surface area contributed by atoms with Crippen molar-refractivity contribution in [2.45, 2.75) is 13.8 Å². The monoisotopic (exact) mass is 201 g/mol. The van der Waals surface area contributed by atoms with Gasteiger partial charge in [0.15, 0.2) is 0 Å². The van der Waals surface area contributed by atoms with Crippen LogP contribution in [0.5, 0.6) is 5.88 Å². The number of hydrogen-bond donors (Lipinski definition) is 1. The lowest BCUT2D eigenvalue weighted by atomic mass is 10.2. The zero-order valence-corrected chi connectivity index (χ0v) is 8.38.